The lowest BCUT2D eigenvalue weighted by atomic mass is 10.0. The zero-order valence-corrected chi connectivity index (χ0v) is 12.0. The molecule has 0 spiro atoms. The molecule has 0 aliphatic carbocycles. The number of benzene rings is 1. The Morgan fingerprint density at radius 1 is 1.38 bits per heavy atom. The fourth-order valence-corrected chi connectivity index (χ4v) is 2.46. The molecular weight excluding hydrogens is 270 g/mol. The standard InChI is InChI=1S/C16H19NO4/c1-21-13-6-4-5-12(11-13)8-9-15(18)17-10-3-2-7-14(17)16(19)20/h4-6,8-9,11,14H,2-3,7,10H2,1H3,(H,19,20)/b9-8+. The van der Waals surface area contributed by atoms with Crippen LogP contribution in [0, 0.1) is 0 Å². The lowest BCUT2D eigenvalue weighted by Gasteiger charge is -2.32. The lowest BCUT2D eigenvalue weighted by Crippen LogP contribution is -2.47. The zero-order valence-electron chi connectivity index (χ0n) is 12.0. The van der Waals surface area contributed by atoms with Crippen LogP contribution >= 0.6 is 0 Å². The maximum absolute atomic E-state index is 12.2. The average Bonchev–Trinajstić information content (AvgIpc) is 2.52. The molecule has 0 bridgehead atoms. The SMILES string of the molecule is COc1cccc(/C=C/C(=O)N2CCCCC2C(=O)O)c1. The minimum Gasteiger partial charge on any atom is -0.497 e. The Morgan fingerprint density at radius 2 is 2.19 bits per heavy atom. The molecule has 1 aromatic rings. The van der Waals surface area contributed by atoms with Gasteiger partial charge in [-0.05, 0) is 43.0 Å². The highest BCUT2D eigenvalue weighted by atomic mass is 16.5. The summed E-state index contributed by atoms with van der Waals surface area (Å²) in [6.07, 6.45) is 5.32. The smallest absolute Gasteiger partial charge is 0.326 e. The van der Waals surface area contributed by atoms with Crippen molar-refractivity contribution in [1.82, 2.24) is 4.90 Å². The molecule has 0 aromatic heterocycles. The van der Waals surface area contributed by atoms with E-state index in [1.165, 1.54) is 11.0 Å². The highest BCUT2D eigenvalue weighted by Gasteiger charge is 2.30. The van der Waals surface area contributed by atoms with E-state index < -0.39 is 12.0 Å². The van der Waals surface area contributed by atoms with Crippen molar-refractivity contribution in [3.05, 3.63) is 35.9 Å². The van der Waals surface area contributed by atoms with Crippen molar-refractivity contribution < 1.29 is 19.4 Å². The van der Waals surface area contributed by atoms with E-state index in [1.807, 2.05) is 24.3 Å². The van der Waals surface area contributed by atoms with Gasteiger partial charge in [-0.2, -0.15) is 0 Å². The Morgan fingerprint density at radius 3 is 2.90 bits per heavy atom. The minimum absolute atomic E-state index is 0.259. The number of amides is 1. The quantitative estimate of drug-likeness (QED) is 0.863. The predicted octanol–water partition coefficient (Wildman–Crippen LogP) is 2.17. The van der Waals surface area contributed by atoms with E-state index in [2.05, 4.69) is 0 Å². The predicted molar refractivity (Wildman–Crippen MR) is 79.0 cm³/mol. The van der Waals surface area contributed by atoms with Crippen molar-refractivity contribution in [2.24, 2.45) is 0 Å². The van der Waals surface area contributed by atoms with Crippen LogP contribution in [0.5, 0.6) is 5.75 Å². The van der Waals surface area contributed by atoms with Gasteiger partial charge in [0.15, 0.2) is 0 Å². The number of carboxylic acid groups (broad SMARTS) is 1. The highest BCUT2D eigenvalue weighted by molar-refractivity contribution is 5.94. The molecule has 1 aliphatic heterocycles. The zero-order chi connectivity index (χ0) is 15.2. The number of methoxy groups -OCH3 is 1. The fraction of sp³-hybridized carbons (Fsp3) is 0.375. The first kappa shape index (κ1) is 15.1. The first-order valence-electron chi connectivity index (χ1n) is 6.97. The molecule has 1 atom stereocenters. The van der Waals surface area contributed by atoms with E-state index in [4.69, 9.17) is 4.74 Å². The number of ether oxygens (including phenoxy) is 1. The number of hydrogen-bond acceptors (Lipinski definition) is 3. The molecule has 2 rings (SSSR count). The van der Waals surface area contributed by atoms with Gasteiger partial charge in [-0.3, -0.25) is 4.79 Å². The number of hydrogen-bond donors (Lipinski definition) is 1. The molecule has 0 saturated carbocycles. The molecule has 1 unspecified atom stereocenters. The third kappa shape index (κ3) is 3.84. The fourth-order valence-electron chi connectivity index (χ4n) is 2.46. The summed E-state index contributed by atoms with van der Waals surface area (Å²) < 4.78 is 5.12. The van der Waals surface area contributed by atoms with E-state index in [-0.39, 0.29) is 5.91 Å². The molecule has 0 radical (unpaired) electrons. The van der Waals surface area contributed by atoms with Crippen LogP contribution in [0.2, 0.25) is 0 Å². The topological polar surface area (TPSA) is 66.8 Å². The van der Waals surface area contributed by atoms with Crippen LogP contribution in [-0.2, 0) is 9.59 Å². The van der Waals surface area contributed by atoms with E-state index in [0.717, 1.165) is 18.4 Å². The summed E-state index contributed by atoms with van der Waals surface area (Å²) >= 11 is 0. The van der Waals surface area contributed by atoms with Crippen molar-refractivity contribution >= 4 is 18.0 Å². The first-order valence-corrected chi connectivity index (χ1v) is 6.97. The van der Waals surface area contributed by atoms with Crippen LogP contribution in [-0.4, -0.2) is 41.6 Å². The van der Waals surface area contributed by atoms with Gasteiger partial charge < -0.3 is 14.7 Å². The molecule has 1 aliphatic rings. The van der Waals surface area contributed by atoms with E-state index in [9.17, 15) is 14.7 Å². The summed E-state index contributed by atoms with van der Waals surface area (Å²) in [4.78, 5) is 24.8. The van der Waals surface area contributed by atoms with Crippen LogP contribution in [0.1, 0.15) is 24.8 Å². The number of rotatable bonds is 4. The number of nitrogens with zero attached hydrogens (tertiary/aromatic N) is 1. The molecule has 1 amide bonds. The molecule has 5 heteroatoms. The summed E-state index contributed by atoms with van der Waals surface area (Å²) in [5, 5.41) is 9.18. The van der Waals surface area contributed by atoms with Gasteiger partial charge in [0.1, 0.15) is 11.8 Å². The van der Waals surface area contributed by atoms with Crippen molar-refractivity contribution in [1.29, 1.82) is 0 Å². The molecule has 1 saturated heterocycles. The third-order valence-corrected chi connectivity index (χ3v) is 3.58. The average molecular weight is 289 g/mol. The number of likely N-dealkylation sites (tertiary alicyclic amines) is 1. The summed E-state index contributed by atoms with van der Waals surface area (Å²) in [5.74, 6) is -0.478. The molecule has 21 heavy (non-hydrogen) atoms. The monoisotopic (exact) mass is 289 g/mol. The van der Waals surface area contributed by atoms with E-state index >= 15 is 0 Å². The Bertz CT molecular complexity index is 553. The van der Waals surface area contributed by atoms with Crippen molar-refractivity contribution in [2.45, 2.75) is 25.3 Å². The molecule has 1 fully saturated rings. The van der Waals surface area contributed by atoms with Gasteiger partial charge in [0.2, 0.25) is 5.91 Å². The number of carboxylic acids is 1. The highest BCUT2D eigenvalue weighted by Crippen LogP contribution is 2.18. The van der Waals surface area contributed by atoms with Crippen LogP contribution in [0.4, 0.5) is 0 Å². The van der Waals surface area contributed by atoms with Gasteiger partial charge >= 0.3 is 5.97 Å². The summed E-state index contributed by atoms with van der Waals surface area (Å²) in [6.45, 7) is 0.498. The number of aliphatic carboxylic acids is 1. The van der Waals surface area contributed by atoms with Crippen LogP contribution < -0.4 is 4.74 Å². The normalized spacial score (nSPS) is 18.7. The number of carbonyl (C=O) groups excluding carboxylic acids is 1. The van der Waals surface area contributed by atoms with Crippen LogP contribution in [0.25, 0.3) is 6.08 Å². The molecular formula is C16H19NO4. The second-order valence-electron chi connectivity index (χ2n) is 4.99. The molecule has 1 aromatic carbocycles. The second kappa shape index (κ2) is 6.92. The first-order chi connectivity index (χ1) is 10.1. The molecule has 1 N–H and O–H groups in total. The molecule has 5 nitrogen and oxygen atoms in total. The molecule has 112 valence electrons. The van der Waals surface area contributed by atoms with E-state index in [1.54, 1.807) is 13.2 Å². The Hall–Kier alpha value is -2.30. The maximum Gasteiger partial charge on any atom is 0.326 e. The Labute approximate surface area is 123 Å². The lowest BCUT2D eigenvalue weighted by molar-refractivity contribution is -0.150. The van der Waals surface area contributed by atoms with Crippen molar-refractivity contribution in [2.75, 3.05) is 13.7 Å². The Kier molecular flexibility index (Phi) is 4.98. The van der Waals surface area contributed by atoms with Gasteiger partial charge in [-0.1, -0.05) is 12.1 Å². The summed E-state index contributed by atoms with van der Waals surface area (Å²) in [7, 11) is 1.58. The third-order valence-electron chi connectivity index (χ3n) is 3.58. The number of piperidine rings is 1. The van der Waals surface area contributed by atoms with E-state index in [0.29, 0.717) is 18.7 Å². The number of carbonyl (C=O) groups is 2. The van der Waals surface area contributed by atoms with Gasteiger partial charge in [0.25, 0.3) is 0 Å². The van der Waals surface area contributed by atoms with Gasteiger partial charge in [0, 0.05) is 12.6 Å². The van der Waals surface area contributed by atoms with Crippen LogP contribution in [0.15, 0.2) is 30.3 Å². The summed E-state index contributed by atoms with van der Waals surface area (Å²) in [5.41, 5.74) is 0.839. The second-order valence-corrected chi connectivity index (χ2v) is 4.99. The van der Waals surface area contributed by atoms with Crippen molar-refractivity contribution in [3.63, 3.8) is 0 Å². The maximum atomic E-state index is 12.2. The minimum atomic E-state index is -0.933. The van der Waals surface area contributed by atoms with Crippen molar-refractivity contribution in [3.8, 4) is 5.75 Å². The Balaban J connectivity index is 2.08. The van der Waals surface area contributed by atoms with Gasteiger partial charge in [0.05, 0.1) is 7.11 Å². The summed E-state index contributed by atoms with van der Waals surface area (Å²) in [6, 6.07) is 6.63. The largest absolute Gasteiger partial charge is 0.497 e. The van der Waals surface area contributed by atoms with Gasteiger partial charge in [-0.25, -0.2) is 4.79 Å². The van der Waals surface area contributed by atoms with Crippen LogP contribution in [0.3, 0.4) is 0 Å². The molecule has 1 heterocycles. The van der Waals surface area contributed by atoms with Gasteiger partial charge in [-0.15, -0.1) is 0 Å².